The van der Waals surface area contributed by atoms with E-state index in [0.717, 1.165) is 11.1 Å². The van der Waals surface area contributed by atoms with Crippen molar-refractivity contribution in [2.75, 3.05) is 0 Å². The number of primary amides is 1. The summed E-state index contributed by atoms with van der Waals surface area (Å²) >= 11 is 0. The lowest BCUT2D eigenvalue weighted by Crippen LogP contribution is -2.07. The molecule has 0 spiro atoms. The van der Waals surface area contributed by atoms with Crippen LogP contribution in [0.2, 0.25) is 0 Å². The van der Waals surface area contributed by atoms with Gasteiger partial charge in [-0.15, -0.1) is 0 Å². The highest BCUT2D eigenvalue weighted by molar-refractivity contribution is 5.76. The van der Waals surface area contributed by atoms with E-state index in [-0.39, 0.29) is 12.3 Å². The standard InChI is InChI=1S/C12H13NO/c1-2-10-5-3-6-11(9-10)7-4-8-12(13)14/h2-7,9H,1,8H2,(H2,13,14). The fourth-order valence-electron chi connectivity index (χ4n) is 1.10. The Labute approximate surface area is 83.7 Å². The lowest BCUT2D eigenvalue weighted by Gasteiger charge is -1.95. The van der Waals surface area contributed by atoms with Gasteiger partial charge in [-0.05, 0) is 17.2 Å². The first-order valence-corrected chi connectivity index (χ1v) is 4.39. The Morgan fingerprint density at radius 1 is 1.43 bits per heavy atom. The molecule has 0 aliphatic rings. The smallest absolute Gasteiger partial charge is 0.221 e. The van der Waals surface area contributed by atoms with Crippen LogP contribution in [-0.2, 0) is 4.79 Å². The molecule has 1 aromatic carbocycles. The Morgan fingerprint density at radius 3 is 2.79 bits per heavy atom. The molecule has 2 N–H and O–H groups in total. The molecule has 0 aromatic heterocycles. The van der Waals surface area contributed by atoms with E-state index in [1.54, 1.807) is 12.2 Å². The summed E-state index contributed by atoms with van der Waals surface area (Å²) in [6.45, 7) is 3.68. The van der Waals surface area contributed by atoms with Gasteiger partial charge in [-0.25, -0.2) is 0 Å². The molecule has 14 heavy (non-hydrogen) atoms. The Bertz CT molecular complexity index is 366. The van der Waals surface area contributed by atoms with Gasteiger partial charge in [0, 0.05) is 6.42 Å². The molecule has 0 saturated carbocycles. The van der Waals surface area contributed by atoms with E-state index in [2.05, 4.69) is 6.58 Å². The summed E-state index contributed by atoms with van der Waals surface area (Å²) in [7, 11) is 0. The summed E-state index contributed by atoms with van der Waals surface area (Å²) in [5, 5.41) is 0. The van der Waals surface area contributed by atoms with Crippen LogP contribution >= 0.6 is 0 Å². The maximum absolute atomic E-state index is 10.5. The van der Waals surface area contributed by atoms with Crippen LogP contribution in [0.1, 0.15) is 17.5 Å². The average molecular weight is 187 g/mol. The predicted octanol–water partition coefficient (Wildman–Crippen LogP) is 2.22. The highest BCUT2D eigenvalue weighted by Crippen LogP contribution is 2.08. The van der Waals surface area contributed by atoms with Crippen molar-refractivity contribution in [1.82, 2.24) is 0 Å². The number of carbonyl (C=O) groups excluding carboxylic acids is 1. The Balaban J connectivity index is 2.71. The molecule has 0 aliphatic heterocycles. The third-order valence-corrected chi connectivity index (χ3v) is 1.78. The predicted molar refractivity (Wildman–Crippen MR) is 59.4 cm³/mol. The highest BCUT2D eigenvalue weighted by Gasteiger charge is 1.90. The summed E-state index contributed by atoms with van der Waals surface area (Å²) in [6.07, 6.45) is 5.69. The van der Waals surface area contributed by atoms with Gasteiger partial charge in [0.05, 0.1) is 0 Å². The molecule has 2 nitrogen and oxygen atoms in total. The molecule has 0 heterocycles. The number of nitrogens with two attached hydrogens (primary N) is 1. The molecule has 1 aromatic rings. The first-order valence-electron chi connectivity index (χ1n) is 4.39. The van der Waals surface area contributed by atoms with Crippen molar-refractivity contribution in [2.24, 2.45) is 5.73 Å². The van der Waals surface area contributed by atoms with Crippen LogP contribution in [0, 0.1) is 0 Å². The van der Waals surface area contributed by atoms with Crippen LogP contribution in [0.15, 0.2) is 36.9 Å². The molecule has 0 atom stereocenters. The van der Waals surface area contributed by atoms with E-state index in [9.17, 15) is 4.79 Å². The third-order valence-electron chi connectivity index (χ3n) is 1.78. The summed E-state index contributed by atoms with van der Waals surface area (Å²) in [6, 6.07) is 7.87. The van der Waals surface area contributed by atoms with Crippen molar-refractivity contribution < 1.29 is 4.79 Å². The summed E-state index contributed by atoms with van der Waals surface area (Å²) in [4.78, 5) is 10.5. The summed E-state index contributed by atoms with van der Waals surface area (Å²) < 4.78 is 0. The lowest BCUT2D eigenvalue weighted by molar-refractivity contribution is -0.117. The van der Waals surface area contributed by atoms with E-state index in [4.69, 9.17) is 5.73 Å². The first-order chi connectivity index (χ1) is 6.72. The van der Waals surface area contributed by atoms with Crippen LogP contribution in [0.4, 0.5) is 0 Å². The van der Waals surface area contributed by atoms with Gasteiger partial charge in [0.2, 0.25) is 5.91 Å². The maximum Gasteiger partial charge on any atom is 0.221 e. The highest BCUT2D eigenvalue weighted by atomic mass is 16.1. The minimum atomic E-state index is -0.318. The Morgan fingerprint density at radius 2 is 2.14 bits per heavy atom. The second-order valence-electron chi connectivity index (χ2n) is 2.95. The van der Waals surface area contributed by atoms with Gasteiger partial charge >= 0.3 is 0 Å². The van der Waals surface area contributed by atoms with Crippen molar-refractivity contribution in [1.29, 1.82) is 0 Å². The number of benzene rings is 1. The average Bonchev–Trinajstić information content (AvgIpc) is 2.18. The Hall–Kier alpha value is -1.83. The summed E-state index contributed by atoms with van der Waals surface area (Å²) in [5.74, 6) is -0.318. The van der Waals surface area contributed by atoms with Gasteiger partial charge in [0.1, 0.15) is 0 Å². The Kier molecular flexibility index (Phi) is 3.68. The van der Waals surface area contributed by atoms with Crippen LogP contribution in [0.25, 0.3) is 12.2 Å². The lowest BCUT2D eigenvalue weighted by atomic mass is 10.1. The third kappa shape index (κ3) is 3.27. The number of rotatable bonds is 4. The topological polar surface area (TPSA) is 43.1 Å². The maximum atomic E-state index is 10.5. The van der Waals surface area contributed by atoms with Gasteiger partial charge < -0.3 is 5.73 Å². The van der Waals surface area contributed by atoms with Crippen LogP contribution in [0.5, 0.6) is 0 Å². The minimum absolute atomic E-state index is 0.276. The number of carbonyl (C=O) groups is 1. The second-order valence-corrected chi connectivity index (χ2v) is 2.95. The molecule has 0 aliphatic carbocycles. The van der Waals surface area contributed by atoms with Crippen LogP contribution in [0.3, 0.4) is 0 Å². The quantitative estimate of drug-likeness (QED) is 0.771. The molecular formula is C12H13NO. The van der Waals surface area contributed by atoms with Crippen LogP contribution < -0.4 is 5.73 Å². The molecule has 1 amide bonds. The fraction of sp³-hybridized carbons (Fsp3) is 0.0833. The molecule has 2 heteroatoms. The molecule has 72 valence electrons. The zero-order chi connectivity index (χ0) is 10.4. The zero-order valence-electron chi connectivity index (χ0n) is 7.94. The molecule has 0 fully saturated rings. The number of amides is 1. The van der Waals surface area contributed by atoms with E-state index in [1.807, 2.05) is 30.3 Å². The molecule has 0 radical (unpaired) electrons. The molecule has 0 saturated heterocycles. The van der Waals surface area contributed by atoms with Crippen molar-refractivity contribution in [2.45, 2.75) is 6.42 Å². The van der Waals surface area contributed by atoms with Crippen molar-refractivity contribution >= 4 is 18.1 Å². The monoisotopic (exact) mass is 187 g/mol. The SMILES string of the molecule is C=Cc1cccc(C=CCC(N)=O)c1. The van der Waals surface area contributed by atoms with Gasteiger partial charge in [-0.3, -0.25) is 4.79 Å². The minimum Gasteiger partial charge on any atom is -0.369 e. The number of hydrogen-bond acceptors (Lipinski definition) is 1. The molecule has 0 bridgehead atoms. The normalized spacial score (nSPS) is 10.3. The van der Waals surface area contributed by atoms with Crippen LogP contribution in [-0.4, -0.2) is 5.91 Å². The first kappa shape index (κ1) is 10.3. The van der Waals surface area contributed by atoms with E-state index >= 15 is 0 Å². The van der Waals surface area contributed by atoms with Gasteiger partial charge in [0.25, 0.3) is 0 Å². The van der Waals surface area contributed by atoms with Crippen molar-refractivity contribution in [3.63, 3.8) is 0 Å². The largest absolute Gasteiger partial charge is 0.369 e. The molecule has 0 unspecified atom stereocenters. The number of hydrogen-bond donors (Lipinski definition) is 1. The van der Waals surface area contributed by atoms with Gasteiger partial charge in [-0.2, -0.15) is 0 Å². The second kappa shape index (κ2) is 5.02. The molecular weight excluding hydrogens is 174 g/mol. The van der Waals surface area contributed by atoms with Crippen molar-refractivity contribution in [3.05, 3.63) is 48.0 Å². The van der Waals surface area contributed by atoms with Gasteiger partial charge in [-0.1, -0.05) is 43.0 Å². The van der Waals surface area contributed by atoms with Crippen molar-refractivity contribution in [3.8, 4) is 0 Å². The fourth-order valence-corrected chi connectivity index (χ4v) is 1.10. The summed E-state index contributed by atoms with van der Waals surface area (Å²) in [5.41, 5.74) is 7.11. The van der Waals surface area contributed by atoms with E-state index in [0.29, 0.717) is 0 Å². The zero-order valence-corrected chi connectivity index (χ0v) is 7.94. The van der Waals surface area contributed by atoms with E-state index in [1.165, 1.54) is 0 Å². The van der Waals surface area contributed by atoms with Gasteiger partial charge in [0.15, 0.2) is 0 Å². The van der Waals surface area contributed by atoms with E-state index < -0.39 is 0 Å². The molecule has 1 rings (SSSR count).